The third kappa shape index (κ3) is 14.2. The van der Waals surface area contributed by atoms with E-state index in [-0.39, 0.29) is 50.3 Å². The van der Waals surface area contributed by atoms with E-state index in [1.165, 1.54) is 23.1 Å². The van der Waals surface area contributed by atoms with Crippen molar-refractivity contribution in [1.29, 1.82) is 0 Å². The smallest absolute Gasteiger partial charge is 0.658 e. The van der Waals surface area contributed by atoms with Gasteiger partial charge >= 0.3 is 36.8 Å². The first-order chi connectivity index (χ1) is 21.2. The summed E-state index contributed by atoms with van der Waals surface area (Å²) >= 11 is 9.68. The van der Waals surface area contributed by atoms with Crippen LogP contribution >= 0.6 is 54.5 Å². The number of carboxylic acids is 1. The predicted octanol–water partition coefficient (Wildman–Crippen LogP) is 5.21. The maximum absolute atomic E-state index is 11.8. The summed E-state index contributed by atoms with van der Waals surface area (Å²) in [5.74, 6) is -0.858. The van der Waals surface area contributed by atoms with Gasteiger partial charge in [-0.25, -0.2) is 9.97 Å². The second-order valence-corrected chi connectivity index (χ2v) is 13.5. The van der Waals surface area contributed by atoms with Crippen LogP contribution in [0.5, 0.6) is 11.8 Å². The number of aromatic nitrogens is 2. The molecule has 1 saturated heterocycles. The van der Waals surface area contributed by atoms with Gasteiger partial charge in [0.25, 0.3) is 0 Å². The van der Waals surface area contributed by atoms with E-state index in [1.807, 2.05) is 23.6 Å². The van der Waals surface area contributed by atoms with Crippen LogP contribution in [0, 0.1) is 0 Å². The van der Waals surface area contributed by atoms with E-state index < -0.39 is 17.9 Å². The number of halogens is 2. The summed E-state index contributed by atoms with van der Waals surface area (Å²) in [6.45, 7) is 8.39. The van der Waals surface area contributed by atoms with Crippen molar-refractivity contribution in [3.05, 3.63) is 48.8 Å². The Morgan fingerprint density at radius 2 is 1.43 bits per heavy atom. The number of cyclic esters (lactones) is 2. The van der Waals surface area contributed by atoms with Crippen LogP contribution in [0.3, 0.4) is 0 Å². The molecule has 0 spiro atoms. The molecule has 11 nitrogen and oxygen atoms in total. The van der Waals surface area contributed by atoms with Crippen molar-refractivity contribution < 1.29 is 57.4 Å². The van der Waals surface area contributed by atoms with Crippen molar-refractivity contribution in [1.82, 2.24) is 9.97 Å². The largest absolute Gasteiger partial charge is 1.00 e. The van der Waals surface area contributed by atoms with Gasteiger partial charge in [0.15, 0.2) is 5.78 Å². The van der Waals surface area contributed by atoms with Crippen molar-refractivity contribution in [3.63, 3.8) is 0 Å². The monoisotopic (exact) mass is 793 g/mol. The summed E-state index contributed by atoms with van der Waals surface area (Å²) in [6.07, 6.45) is 0.367. The molecule has 0 bridgehead atoms. The van der Waals surface area contributed by atoms with Crippen LogP contribution in [-0.4, -0.2) is 65.1 Å². The first-order valence-electron chi connectivity index (χ1n) is 13.6. The van der Waals surface area contributed by atoms with Gasteiger partial charge in [0, 0.05) is 6.42 Å². The molecule has 0 aliphatic carbocycles. The number of esters is 2. The third-order valence-electron chi connectivity index (χ3n) is 5.37. The molecular formula is C30H34Br2LiN3O8S2. The molecule has 0 unspecified atom stereocenters. The molecule has 5 rings (SSSR count). The summed E-state index contributed by atoms with van der Waals surface area (Å²) in [5, 5.41) is 14.9. The Morgan fingerprint density at radius 3 is 1.87 bits per heavy atom. The van der Waals surface area contributed by atoms with E-state index in [4.69, 9.17) is 14.6 Å². The third-order valence-corrected chi connectivity index (χ3v) is 8.47. The van der Waals surface area contributed by atoms with Crippen LogP contribution in [0.1, 0.15) is 63.0 Å². The number of pyridine rings is 2. The van der Waals surface area contributed by atoms with Gasteiger partial charge in [-0.1, -0.05) is 27.7 Å². The molecule has 46 heavy (non-hydrogen) atoms. The first kappa shape index (κ1) is 41.6. The van der Waals surface area contributed by atoms with Crippen molar-refractivity contribution in [2.45, 2.75) is 65.5 Å². The molecule has 1 N–H and O–H groups in total. The van der Waals surface area contributed by atoms with Crippen molar-refractivity contribution >= 4 is 98.7 Å². The van der Waals surface area contributed by atoms with Gasteiger partial charge in [-0.2, -0.15) is 0 Å². The number of carbonyl (C=O) groups is 4. The summed E-state index contributed by atoms with van der Waals surface area (Å²) in [6, 6.07) is 8.50. The molecule has 1 fully saturated rings. The number of thiophene rings is 2. The number of methoxy groups -OCH3 is 2. The number of aliphatic carboxylic acids is 1. The average molecular weight is 795 g/mol. The van der Waals surface area contributed by atoms with Gasteiger partial charge in [0.1, 0.15) is 0 Å². The molecular weight excluding hydrogens is 761 g/mol. The number of carbonyl (C=O) groups excluding carboxylic acids is 3. The zero-order chi connectivity index (χ0) is 33.7. The fourth-order valence-electron chi connectivity index (χ4n) is 3.58. The second kappa shape index (κ2) is 20.8. The topological polar surface area (TPSA) is 156 Å². The van der Waals surface area contributed by atoms with E-state index in [1.54, 1.807) is 24.5 Å². The first-order valence-corrected chi connectivity index (χ1v) is 16.9. The zero-order valence-corrected chi connectivity index (χ0v) is 31.4. The molecule has 244 valence electrons. The van der Waals surface area contributed by atoms with Crippen molar-refractivity contribution in [2.24, 2.45) is 0 Å². The molecule has 16 heteroatoms. The predicted molar refractivity (Wildman–Crippen MR) is 183 cm³/mol. The number of carboxylic acid groups (broad SMARTS) is 1. The van der Waals surface area contributed by atoms with Crippen LogP contribution in [0.25, 0.3) is 25.8 Å². The Morgan fingerprint density at radius 1 is 0.913 bits per heavy atom. The Kier molecular flexibility index (Phi) is 18.8. The number of ketones is 1. The van der Waals surface area contributed by atoms with Crippen LogP contribution in [-0.2, 0) is 19.1 Å². The molecule has 1 aliphatic heterocycles. The van der Waals surface area contributed by atoms with Gasteiger partial charge in [-0.05, 0) is 61.5 Å². The van der Waals surface area contributed by atoms with E-state index in [2.05, 4.69) is 79.6 Å². The van der Waals surface area contributed by atoms with E-state index in [9.17, 15) is 19.2 Å². The maximum atomic E-state index is 11.8. The quantitative estimate of drug-likeness (QED) is 0.109. The van der Waals surface area contributed by atoms with Crippen molar-refractivity contribution in [3.8, 4) is 11.8 Å². The Hall–Kier alpha value is -2.38. The Bertz CT molecular complexity index is 1610. The Labute approximate surface area is 304 Å². The minimum atomic E-state index is -0.975. The number of hydrogen-bond donors (Lipinski definition) is 1. The molecule has 0 saturated carbocycles. The number of fused-ring (bicyclic) bond motifs is 2. The minimum absolute atomic E-state index is 0. The van der Waals surface area contributed by atoms with Crippen LogP contribution in [0.15, 0.2) is 38.6 Å². The Balaban J connectivity index is 0.000000335. The molecule has 0 aromatic carbocycles. The molecule has 5 heterocycles. The zero-order valence-electron chi connectivity index (χ0n) is 26.6. The summed E-state index contributed by atoms with van der Waals surface area (Å²) in [5.41, 5.74) is 1.66. The molecule has 0 amide bonds. The number of hydrogen-bond acceptors (Lipinski definition) is 11. The van der Waals surface area contributed by atoms with Gasteiger partial charge < -0.3 is 24.6 Å². The summed E-state index contributed by atoms with van der Waals surface area (Å²) in [4.78, 5) is 51.4. The SMILES string of the molecule is CC(C)[N-]C(C)C.COc1nc2cc(C(=O)CCC(=O)O)sc2cc1Br.COc1nc2ccsc2cc1Br.O=C1CCC(=O)O1.[Li+]. The second-order valence-electron chi connectivity index (χ2n) is 9.76. The normalized spacial score (nSPS) is 11.9. The van der Waals surface area contributed by atoms with Crippen LogP contribution in [0.4, 0.5) is 0 Å². The van der Waals surface area contributed by atoms with E-state index in [0.29, 0.717) is 38.7 Å². The standard InChI is InChI=1S/C12H10BrNO4S.C8H6BrNOS.C6H14N.C4H4O3.Li/c1-18-12-6(13)4-9-7(14-12)5-10(19-9)8(15)2-3-11(16)17;1-11-8-5(9)4-7-6(10-8)2-3-12-7;1-5(2)7-6(3)4;5-3-1-2-4(6)7-3;/h4-5H,2-3H2,1H3,(H,16,17);2-4H,1H3;5-6H,1-4H3;1-2H2;/q;;-1;;+1. The number of rotatable bonds is 8. The fraction of sp³-hybridized carbons (Fsp3) is 0.400. The van der Waals surface area contributed by atoms with Gasteiger partial charge in [0.05, 0.1) is 67.7 Å². The average Bonchev–Trinajstić information content (AvgIpc) is 3.70. The molecule has 4 aromatic rings. The van der Waals surface area contributed by atoms with Gasteiger partial charge in [0.2, 0.25) is 11.8 Å². The fourth-order valence-corrected chi connectivity index (χ4v) is 6.61. The number of nitrogens with zero attached hydrogens (tertiary/aromatic N) is 3. The molecule has 1 aliphatic rings. The molecule has 0 atom stereocenters. The summed E-state index contributed by atoms with van der Waals surface area (Å²) in [7, 11) is 3.13. The minimum Gasteiger partial charge on any atom is -0.658 e. The molecule has 0 radical (unpaired) electrons. The number of Topliss-reactive ketones (excluding diaryl/α,β-unsaturated/α-hetero) is 1. The van der Waals surface area contributed by atoms with Gasteiger partial charge in [-0.15, -0.1) is 34.8 Å². The molecule has 4 aromatic heterocycles. The van der Waals surface area contributed by atoms with Crippen molar-refractivity contribution in [2.75, 3.05) is 14.2 Å². The maximum Gasteiger partial charge on any atom is 1.00 e. The summed E-state index contributed by atoms with van der Waals surface area (Å²) < 4.78 is 17.9. The number of ether oxygens (including phenoxy) is 3. The van der Waals surface area contributed by atoms with Crippen LogP contribution < -0.4 is 28.3 Å². The van der Waals surface area contributed by atoms with Crippen LogP contribution in [0.2, 0.25) is 0 Å². The van der Waals surface area contributed by atoms with E-state index in [0.717, 1.165) is 14.7 Å². The van der Waals surface area contributed by atoms with E-state index >= 15 is 0 Å². The van der Waals surface area contributed by atoms with Gasteiger partial charge in [-0.3, -0.25) is 19.2 Å².